The number of phosphoric ester groups is 1. The summed E-state index contributed by atoms with van der Waals surface area (Å²) in [6.07, 6.45) is 0.292. The molecule has 22 heavy (non-hydrogen) atoms. The van der Waals surface area contributed by atoms with Crippen LogP contribution in [0.1, 0.15) is 18.1 Å². The van der Waals surface area contributed by atoms with E-state index in [0.29, 0.717) is 18.8 Å². The molecule has 1 saturated heterocycles. The minimum Gasteiger partial charge on any atom is -0.404 e. The van der Waals surface area contributed by atoms with Gasteiger partial charge in [0.15, 0.2) is 0 Å². The van der Waals surface area contributed by atoms with Crippen molar-refractivity contribution >= 4 is 23.8 Å². The van der Waals surface area contributed by atoms with Gasteiger partial charge in [-0.05, 0) is 24.1 Å². The average molecular weight is 384 g/mol. The third kappa shape index (κ3) is 3.79. The highest BCUT2D eigenvalue weighted by atomic mass is 79.9. The van der Waals surface area contributed by atoms with E-state index in [1.165, 1.54) is 0 Å². The number of phosphoric acid groups is 1. The Balaban J connectivity index is 1.85. The summed E-state index contributed by atoms with van der Waals surface area (Å²) in [5.74, 6) is 0.464. The van der Waals surface area contributed by atoms with Gasteiger partial charge >= 0.3 is 7.82 Å². The summed E-state index contributed by atoms with van der Waals surface area (Å²) in [4.78, 5) is 0.00472. The predicted octanol–water partition coefficient (Wildman–Crippen LogP) is 5.12. The van der Waals surface area contributed by atoms with Crippen molar-refractivity contribution in [3.63, 3.8) is 0 Å². The first-order valence-electron chi connectivity index (χ1n) is 7.03. The van der Waals surface area contributed by atoms with Crippen LogP contribution in [0.3, 0.4) is 0 Å². The van der Waals surface area contributed by atoms with Crippen LogP contribution in [0.5, 0.6) is 5.75 Å². The van der Waals surface area contributed by atoms with E-state index in [-0.39, 0.29) is 4.83 Å². The Kier molecular flexibility index (Phi) is 4.99. The highest BCUT2D eigenvalue weighted by Crippen LogP contribution is 2.56. The Morgan fingerprint density at radius 2 is 1.68 bits per heavy atom. The lowest BCUT2D eigenvalue weighted by atomic mass is 10.1. The Morgan fingerprint density at radius 1 is 1.05 bits per heavy atom. The topological polar surface area (TPSA) is 44.8 Å². The Morgan fingerprint density at radius 3 is 2.36 bits per heavy atom. The summed E-state index contributed by atoms with van der Waals surface area (Å²) in [5, 5.41) is 0. The molecular weight excluding hydrogens is 368 g/mol. The van der Waals surface area contributed by atoms with Crippen molar-refractivity contribution in [2.24, 2.45) is 0 Å². The summed E-state index contributed by atoms with van der Waals surface area (Å²) in [6, 6.07) is 18.6. The first-order valence-corrected chi connectivity index (χ1v) is 9.40. The van der Waals surface area contributed by atoms with Gasteiger partial charge in [0.05, 0.1) is 6.61 Å². The maximum absolute atomic E-state index is 12.9. The van der Waals surface area contributed by atoms with Gasteiger partial charge < -0.3 is 4.52 Å². The van der Waals surface area contributed by atoms with Crippen molar-refractivity contribution in [2.45, 2.75) is 17.4 Å². The Bertz CT molecular complexity index is 650. The summed E-state index contributed by atoms with van der Waals surface area (Å²) in [5.41, 5.74) is 0.937. The molecule has 3 atom stereocenters. The average Bonchev–Trinajstić information content (AvgIpc) is 2.68. The molecule has 1 aliphatic rings. The van der Waals surface area contributed by atoms with Crippen molar-refractivity contribution in [2.75, 3.05) is 6.61 Å². The maximum atomic E-state index is 12.9. The fourth-order valence-electron chi connectivity index (χ4n) is 2.23. The molecule has 4 nitrogen and oxygen atoms in total. The fourth-order valence-corrected chi connectivity index (χ4v) is 4.41. The molecule has 0 spiro atoms. The van der Waals surface area contributed by atoms with Crippen LogP contribution in [-0.2, 0) is 13.6 Å². The number of halogens is 1. The van der Waals surface area contributed by atoms with Crippen LogP contribution in [0.4, 0.5) is 0 Å². The van der Waals surface area contributed by atoms with Crippen molar-refractivity contribution in [1.82, 2.24) is 0 Å². The molecule has 3 rings (SSSR count). The van der Waals surface area contributed by atoms with Gasteiger partial charge in [0, 0.05) is 4.83 Å². The number of para-hydroxylation sites is 1. The summed E-state index contributed by atoms with van der Waals surface area (Å²) >= 11 is 3.60. The first-order chi connectivity index (χ1) is 10.7. The highest BCUT2D eigenvalue weighted by molar-refractivity contribution is 9.09. The van der Waals surface area contributed by atoms with E-state index in [1.54, 1.807) is 24.3 Å². The Hall–Kier alpha value is -1.13. The van der Waals surface area contributed by atoms with Crippen LogP contribution in [-0.4, -0.2) is 11.4 Å². The lowest BCUT2D eigenvalue weighted by molar-refractivity contribution is 0.137. The van der Waals surface area contributed by atoms with Crippen LogP contribution in [0.25, 0.3) is 0 Å². The van der Waals surface area contributed by atoms with Crippen molar-refractivity contribution < 1.29 is 18.1 Å². The quantitative estimate of drug-likeness (QED) is 0.545. The number of benzene rings is 2. The van der Waals surface area contributed by atoms with Crippen molar-refractivity contribution in [3.8, 4) is 5.75 Å². The smallest absolute Gasteiger partial charge is 0.404 e. The van der Waals surface area contributed by atoms with Gasteiger partial charge in [-0.3, -0.25) is 9.05 Å². The van der Waals surface area contributed by atoms with Gasteiger partial charge in [-0.2, -0.15) is 0 Å². The zero-order valence-electron chi connectivity index (χ0n) is 11.8. The third-order valence-corrected chi connectivity index (χ3v) is 5.66. The monoisotopic (exact) mass is 383 g/mol. The molecule has 0 unspecified atom stereocenters. The van der Waals surface area contributed by atoms with E-state index in [2.05, 4.69) is 15.9 Å². The van der Waals surface area contributed by atoms with Gasteiger partial charge in [-0.15, -0.1) is 0 Å². The van der Waals surface area contributed by atoms with Gasteiger partial charge in [0.1, 0.15) is 11.9 Å². The van der Waals surface area contributed by atoms with E-state index in [0.717, 1.165) is 5.56 Å². The van der Waals surface area contributed by atoms with E-state index >= 15 is 0 Å². The van der Waals surface area contributed by atoms with E-state index in [4.69, 9.17) is 13.6 Å². The van der Waals surface area contributed by atoms with Crippen LogP contribution in [0, 0.1) is 0 Å². The molecule has 116 valence electrons. The Labute approximate surface area is 138 Å². The van der Waals surface area contributed by atoms with Crippen molar-refractivity contribution in [1.29, 1.82) is 0 Å². The van der Waals surface area contributed by atoms with Crippen LogP contribution in [0.2, 0.25) is 0 Å². The third-order valence-electron chi connectivity index (χ3n) is 3.30. The fraction of sp³-hybridized carbons (Fsp3) is 0.250. The molecule has 1 aliphatic heterocycles. The molecule has 0 amide bonds. The molecule has 0 saturated carbocycles. The molecule has 0 bridgehead atoms. The number of rotatable bonds is 3. The minimum atomic E-state index is -3.67. The lowest BCUT2D eigenvalue weighted by Crippen LogP contribution is -2.14. The second-order valence-electron chi connectivity index (χ2n) is 4.93. The van der Waals surface area contributed by atoms with Crippen LogP contribution < -0.4 is 4.52 Å². The normalized spacial score (nSPS) is 28.8. The number of hydrogen-bond acceptors (Lipinski definition) is 4. The molecule has 1 fully saturated rings. The molecule has 0 radical (unpaired) electrons. The van der Waals surface area contributed by atoms with Gasteiger partial charge in [0.2, 0.25) is 0 Å². The second-order valence-corrected chi connectivity index (χ2v) is 7.65. The molecule has 6 heteroatoms. The molecule has 0 aliphatic carbocycles. The standard InChI is InChI=1S/C16H16BrO4P/c17-15-11-12-19-22(18,20-14-9-5-2-6-10-14)21-16(15)13-7-3-1-4-8-13/h1-10,15-16H,11-12H2/t15-,16+,22+/m1/s1/i18+1. The zero-order chi connectivity index (χ0) is 15.4. The molecule has 1 heterocycles. The molecule has 2 aromatic carbocycles. The van der Waals surface area contributed by atoms with Gasteiger partial charge in [-0.25, -0.2) is 4.57 Å². The minimum absolute atomic E-state index is 0.00472. The summed E-state index contributed by atoms with van der Waals surface area (Å²) < 4.78 is 29.5. The highest BCUT2D eigenvalue weighted by Gasteiger charge is 2.39. The SMILES string of the molecule is [17O]=[P@@]1(Oc2ccccc2)OCC[C@@H](Br)[C@H](c2ccccc2)O1. The first kappa shape index (κ1) is 15.8. The molecule has 0 N–H and O–H groups in total. The van der Waals surface area contributed by atoms with E-state index in [9.17, 15) is 4.57 Å². The molecule has 2 aromatic rings. The lowest BCUT2D eigenvalue weighted by Gasteiger charge is -2.23. The van der Waals surface area contributed by atoms with Gasteiger partial charge in [0.25, 0.3) is 0 Å². The second kappa shape index (κ2) is 6.97. The van der Waals surface area contributed by atoms with Gasteiger partial charge in [-0.1, -0.05) is 64.5 Å². The summed E-state index contributed by atoms with van der Waals surface area (Å²) in [7, 11) is -3.67. The van der Waals surface area contributed by atoms with Crippen LogP contribution >= 0.6 is 23.8 Å². The molecular formula is C16H16BrO4P. The number of alkyl halides is 1. The number of hydrogen-bond donors (Lipinski definition) is 0. The van der Waals surface area contributed by atoms with E-state index in [1.807, 2.05) is 36.4 Å². The maximum Gasteiger partial charge on any atom is 0.530 e. The largest absolute Gasteiger partial charge is 0.530 e. The van der Waals surface area contributed by atoms with Crippen LogP contribution in [0.15, 0.2) is 60.7 Å². The zero-order valence-corrected chi connectivity index (χ0v) is 14.3. The molecule has 0 aromatic heterocycles. The van der Waals surface area contributed by atoms with Crippen molar-refractivity contribution in [3.05, 3.63) is 66.2 Å². The predicted molar refractivity (Wildman–Crippen MR) is 88.2 cm³/mol. The summed E-state index contributed by atoms with van der Waals surface area (Å²) in [6.45, 7) is 0.309. The van der Waals surface area contributed by atoms with E-state index < -0.39 is 13.9 Å².